The first kappa shape index (κ1) is 17.5. The van der Waals surface area contributed by atoms with Crippen molar-refractivity contribution in [2.24, 2.45) is 12.5 Å². The van der Waals surface area contributed by atoms with E-state index in [1.165, 1.54) is 0 Å². The van der Waals surface area contributed by atoms with E-state index in [-0.39, 0.29) is 17.2 Å². The van der Waals surface area contributed by atoms with E-state index in [1.54, 1.807) is 0 Å². The lowest BCUT2D eigenvalue weighted by Crippen LogP contribution is -2.53. The van der Waals surface area contributed by atoms with Crippen LogP contribution in [0.3, 0.4) is 0 Å². The second kappa shape index (κ2) is 6.34. The molecule has 1 aliphatic rings. The van der Waals surface area contributed by atoms with E-state index in [4.69, 9.17) is 0 Å². The maximum absolute atomic E-state index is 12.5. The van der Waals surface area contributed by atoms with Gasteiger partial charge in [0, 0.05) is 49.9 Å². The number of amides is 2. The molecule has 128 valence electrons. The van der Waals surface area contributed by atoms with Crippen LogP contribution in [0.25, 0.3) is 0 Å². The Kier molecular flexibility index (Phi) is 4.82. The Morgan fingerprint density at radius 1 is 1.04 bits per heavy atom. The Balaban J connectivity index is 1.95. The van der Waals surface area contributed by atoms with Crippen molar-refractivity contribution in [3.05, 3.63) is 17.0 Å². The van der Waals surface area contributed by atoms with Crippen LogP contribution in [0.15, 0.2) is 0 Å². The zero-order chi connectivity index (χ0) is 17.4. The van der Waals surface area contributed by atoms with Crippen molar-refractivity contribution in [2.75, 3.05) is 26.2 Å². The second-order valence-corrected chi connectivity index (χ2v) is 7.37. The monoisotopic (exact) mass is 320 g/mol. The minimum Gasteiger partial charge on any atom is -0.339 e. The van der Waals surface area contributed by atoms with Gasteiger partial charge in [-0.1, -0.05) is 20.8 Å². The average molecular weight is 320 g/mol. The number of aryl methyl sites for hydroxylation is 2. The van der Waals surface area contributed by atoms with Crippen molar-refractivity contribution >= 4 is 11.8 Å². The normalized spacial score (nSPS) is 15.9. The van der Waals surface area contributed by atoms with Crippen molar-refractivity contribution in [3.8, 4) is 0 Å². The first-order valence-electron chi connectivity index (χ1n) is 8.17. The Bertz CT molecular complexity index is 605. The van der Waals surface area contributed by atoms with Gasteiger partial charge in [-0.2, -0.15) is 5.10 Å². The van der Waals surface area contributed by atoms with Gasteiger partial charge in [0.1, 0.15) is 0 Å². The summed E-state index contributed by atoms with van der Waals surface area (Å²) in [6.45, 7) is 12.2. The highest BCUT2D eigenvalue weighted by atomic mass is 16.2. The summed E-state index contributed by atoms with van der Waals surface area (Å²) in [5.74, 6) is 0.274. The summed E-state index contributed by atoms with van der Waals surface area (Å²) >= 11 is 0. The fourth-order valence-electron chi connectivity index (χ4n) is 2.97. The minimum atomic E-state index is -0.365. The number of hydrogen-bond acceptors (Lipinski definition) is 3. The first-order chi connectivity index (χ1) is 10.6. The highest BCUT2D eigenvalue weighted by Gasteiger charge is 2.31. The maximum atomic E-state index is 12.5. The molecule has 0 aliphatic carbocycles. The summed E-state index contributed by atoms with van der Waals surface area (Å²) < 4.78 is 1.82. The Labute approximate surface area is 138 Å². The maximum Gasteiger partial charge on any atom is 0.228 e. The van der Waals surface area contributed by atoms with Gasteiger partial charge >= 0.3 is 0 Å². The van der Waals surface area contributed by atoms with Gasteiger partial charge in [0.05, 0.1) is 12.1 Å². The molecule has 23 heavy (non-hydrogen) atoms. The van der Waals surface area contributed by atoms with Crippen LogP contribution >= 0.6 is 0 Å². The van der Waals surface area contributed by atoms with E-state index in [9.17, 15) is 9.59 Å². The van der Waals surface area contributed by atoms with E-state index in [2.05, 4.69) is 5.10 Å². The van der Waals surface area contributed by atoms with Crippen LogP contribution in [-0.2, 0) is 23.1 Å². The molecule has 2 amide bonds. The zero-order valence-corrected chi connectivity index (χ0v) is 15.1. The van der Waals surface area contributed by atoms with Gasteiger partial charge in [-0.3, -0.25) is 14.3 Å². The van der Waals surface area contributed by atoms with E-state index in [1.807, 2.05) is 56.1 Å². The van der Waals surface area contributed by atoms with E-state index >= 15 is 0 Å². The zero-order valence-electron chi connectivity index (χ0n) is 15.1. The summed E-state index contributed by atoms with van der Waals surface area (Å²) in [5, 5.41) is 4.36. The molecule has 0 spiro atoms. The summed E-state index contributed by atoms with van der Waals surface area (Å²) in [6.07, 6.45) is 0.388. The molecule has 0 bridgehead atoms. The van der Waals surface area contributed by atoms with Gasteiger partial charge in [-0.05, 0) is 13.8 Å². The molecule has 0 saturated carbocycles. The number of rotatable bonds is 2. The van der Waals surface area contributed by atoms with Crippen LogP contribution in [0, 0.1) is 19.3 Å². The lowest BCUT2D eigenvalue weighted by molar-refractivity contribution is -0.144. The number of carbonyl (C=O) groups excluding carboxylic acids is 2. The molecule has 1 fully saturated rings. The van der Waals surface area contributed by atoms with Gasteiger partial charge in [-0.25, -0.2) is 0 Å². The number of piperazine rings is 1. The van der Waals surface area contributed by atoms with Gasteiger partial charge in [0.25, 0.3) is 0 Å². The smallest absolute Gasteiger partial charge is 0.228 e. The molecule has 1 aliphatic heterocycles. The molecule has 0 atom stereocenters. The summed E-state index contributed by atoms with van der Waals surface area (Å²) in [6, 6.07) is 0. The van der Waals surface area contributed by atoms with Crippen molar-refractivity contribution in [2.45, 2.75) is 41.0 Å². The molecule has 0 unspecified atom stereocenters. The third-order valence-corrected chi connectivity index (χ3v) is 4.55. The van der Waals surface area contributed by atoms with Crippen LogP contribution in [0.4, 0.5) is 0 Å². The van der Waals surface area contributed by atoms with Crippen molar-refractivity contribution in [1.82, 2.24) is 19.6 Å². The van der Waals surface area contributed by atoms with Crippen LogP contribution in [0.2, 0.25) is 0 Å². The summed E-state index contributed by atoms with van der Waals surface area (Å²) in [5.41, 5.74) is 2.61. The fourth-order valence-corrected chi connectivity index (χ4v) is 2.97. The van der Waals surface area contributed by atoms with Crippen LogP contribution < -0.4 is 0 Å². The Morgan fingerprint density at radius 3 is 2.00 bits per heavy atom. The van der Waals surface area contributed by atoms with E-state index < -0.39 is 0 Å². The lowest BCUT2D eigenvalue weighted by Gasteiger charge is -2.37. The topological polar surface area (TPSA) is 58.4 Å². The molecule has 1 aromatic heterocycles. The van der Waals surface area contributed by atoms with Crippen molar-refractivity contribution < 1.29 is 9.59 Å². The van der Waals surface area contributed by atoms with Gasteiger partial charge in [0.2, 0.25) is 11.8 Å². The van der Waals surface area contributed by atoms with Crippen molar-refractivity contribution in [1.29, 1.82) is 0 Å². The fraction of sp³-hybridized carbons (Fsp3) is 0.706. The summed E-state index contributed by atoms with van der Waals surface area (Å²) in [4.78, 5) is 28.6. The van der Waals surface area contributed by atoms with Crippen LogP contribution in [0.5, 0.6) is 0 Å². The second-order valence-electron chi connectivity index (χ2n) is 7.37. The van der Waals surface area contributed by atoms with Gasteiger partial charge in [0.15, 0.2) is 0 Å². The quantitative estimate of drug-likeness (QED) is 0.825. The summed E-state index contributed by atoms with van der Waals surface area (Å²) in [7, 11) is 1.90. The standard InChI is InChI=1S/C17H28N4O2/c1-12-14(13(2)19(6)18-12)11-15(22)20-7-9-21(10-8-20)16(23)17(3,4)5/h7-11H2,1-6H3. The molecular weight excluding hydrogens is 292 g/mol. The van der Waals surface area contributed by atoms with Crippen LogP contribution in [0.1, 0.15) is 37.7 Å². The molecule has 1 aromatic rings. The first-order valence-corrected chi connectivity index (χ1v) is 8.17. The third kappa shape index (κ3) is 3.74. The van der Waals surface area contributed by atoms with Crippen LogP contribution in [-0.4, -0.2) is 57.6 Å². The minimum absolute atomic E-state index is 0.118. The Hall–Kier alpha value is -1.85. The average Bonchev–Trinajstić information content (AvgIpc) is 2.72. The highest BCUT2D eigenvalue weighted by Crippen LogP contribution is 2.19. The van der Waals surface area contributed by atoms with E-state index in [0.29, 0.717) is 32.6 Å². The lowest BCUT2D eigenvalue weighted by atomic mass is 9.94. The predicted molar refractivity (Wildman–Crippen MR) is 89.0 cm³/mol. The molecule has 6 heteroatoms. The Morgan fingerprint density at radius 2 is 1.57 bits per heavy atom. The molecule has 2 heterocycles. The highest BCUT2D eigenvalue weighted by molar-refractivity contribution is 5.82. The molecule has 1 saturated heterocycles. The number of nitrogens with zero attached hydrogens (tertiary/aromatic N) is 4. The van der Waals surface area contributed by atoms with E-state index in [0.717, 1.165) is 17.0 Å². The molecular formula is C17H28N4O2. The largest absolute Gasteiger partial charge is 0.339 e. The van der Waals surface area contributed by atoms with Gasteiger partial charge in [-0.15, -0.1) is 0 Å². The SMILES string of the molecule is Cc1nn(C)c(C)c1CC(=O)N1CCN(C(=O)C(C)(C)C)CC1. The molecule has 0 radical (unpaired) electrons. The van der Waals surface area contributed by atoms with Gasteiger partial charge < -0.3 is 9.80 Å². The third-order valence-electron chi connectivity index (χ3n) is 4.55. The molecule has 6 nitrogen and oxygen atoms in total. The molecule has 0 aromatic carbocycles. The molecule has 0 N–H and O–H groups in total. The number of hydrogen-bond donors (Lipinski definition) is 0. The number of carbonyl (C=O) groups is 2. The molecule has 2 rings (SSSR count). The van der Waals surface area contributed by atoms with Crippen molar-refractivity contribution in [3.63, 3.8) is 0 Å². The number of aromatic nitrogens is 2. The predicted octanol–water partition coefficient (Wildman–Crippen LogP) is 1.30.